The number of nitrogens with one attached hydrogen (secondary N) is 1. The molecular weight excluding hydrogens is 238 g/mol. The zero-order valence-electron chi connectivity index (χ0n) is 13.2. The third kappa shape index (κ3) is 4.18. The quantitative estimate of drug-likeness (QED) is 0.738. The Bertz CT molecular complexity index is 298. The van der Waals surface area contributed by atoms with Crippen molar-refractivity contribution < 1.29 is 4.79 Å². The van der Waals surface area contributed by atoms with Crippen molar-refractivity contribution in [2.75, 3.05) is 19.6 Å². The molecule has 3 N–H and O–H groups in total. The third-order valence-electron chi connectivity index (χ3n) is 4.65. The molecule has 0 aromatic heterocycles. The summed E-state index contributed by atoms with van der Waals surface area (Å²) in [6, 6.07) is 0.384. The highest BCUT2D eigenvalue weighted by Crippen LogP contribution is 2.26. The number of nitrogens with zero attached hydrogens (tertiary/aromatic N) is 1. The molecule has 1 rings (SSSR count). The lowest BCUT2D eigenvalue weighted by Gasteiger charge is -2.34. The van der Waals surface area contributed by atoms with E-state index < -0.39 is 5.54 Å². The van der Waals surface area contributed by atoms with Gasteiger partial charge in [0.1, 0.15) is 0 Å². The Balaban J connectivity index is 2.61. The smallest absolute Gasteiger partial charge is 0.237 e. The number of primary amides is 1. The van der Waals surface area contributed by atoms with Crippen molar-refractivity contribution in [2.45, 2.75) is 59.0 Å². The maximum absolute atomic E-state index is 11.7. The number of amides is 1. The molecule has 4 atom stereocenters. The van der Waals surface area contributed by atoms with Gasteiger partial charge in [-0.2, -0.15) is 0 Å². The minimum Gasteiger partial charge on any atom is -0.368 e. The molecule has 0 spiro atoms. The Morgan fingerprint density at radius 1 is 1.42 bits per heavy atom. The van der Waals surface area contributed by atoms with E-state index in [1.54, 1.807) is 0 Å². The number of rotatable bonds is 7. The average molecular weight is 269 g/mol. The van der Waals surface area contributed by atoms with Crippen molar-refractivity contribution in [1.29, 1.82) is 0 Å². The lowest BCUT2D eigenvalue weighted by molar-refractivity contribution is -0.124. The fourth-order valence-electron chi connectivity index (χ4n) is 2.91. The van der Waals surface area contributed by atoms with Crippen LogP contribution in [0.1, 0.15) is 47.5 Å². The van der Waals surface area contributed by atoms with Gasteiger partial charge in [0.25, 0.3) is 0 Å². The van der Waals surface area contributed by atoms with Gasteiger partial charge < -0.3 is 16.0 Å². The van der Waals surface area contributed by atoms with Crippen LogP contribution < -0.4 is 11.1 Å². The van der Waals surface area contributed by atoms with Crippen LogP contribution in [-0.2, 0) is 4.79 Å². The molecule has 1 heterocycles. The lowest BCUT2D eigenvalue weighted by Crippen LogP contribution is -2.56. The second-order valence-corrected chi connectivity index (χ2v) is 6.58. The zero-order chi connectivity index (χ0) is 14.6. The third-order valence-corrected chi connectivity index (χ3v) is 4.65. The van der Waals surface area contributed by atoms with E-state index in [0.29, 0.717) is 6.04 Å². The van der Waals surface area contributed by atoms with Crippen LogP contribution in [-0.4, -0.2) is 42.0 Å². The molecule has 4 heteroatoms. The number of carbonyl (C=O) groups is 1. The predicted octanol–water partition coefficient (Wildman–Crippen LogP) is 1.60. The van der Waals surface area contributed by atoms with Gasteiger partial charge in [-0.05, 0) is 45.1 Å². The normalized spacial score (nSPS) is 29.1. The number of hydrogen-bond donors (Lipinski definition) is 2. The summed E-state index contributed by atoms with van der Waals surface area (Å²) in [5.74, 6) is 1.24. The first kappa shape index (κ1) is 16.4. The van der Waals surface area contributed by atoms with E-state index >= 15 is 0 Å². The fourth-order valence-corrected chi connectivity index (χ4v) is 2.91. The zero-order valence-corrected chi connectivity index (χ0v) is 13.2. The van der Waals surface area contributed by atoms with Gasteiger partial charge in [-0.1, -0.05) is 20.8 Å². The molecule has 0 aliphatic carbocycles. The molecule has 19 heavy (non-hydrogen) atoms. The van der Waals surface area contributed by atoms with Gasteiger partial charge in [-0.15, -0.1) is 0 Å². The largest absolute Gasteiger partial charge is 0.368 e. The van der Waals surface area contributed by atoms with E-state index in [1.807, 2.05) is 6.92 Å². The lowest BCUT2D eigenvalue weighted by atomic mass is 9.92. The van der Waals surface area contributed by atoms with Crippen LogP contribution in [0.3, 0.4) is 0 Å². The van der Waals surface area contributed by atoms with Crippen molar-refractivity contribution in [2.24, 2.45) is 17.6 Å². The van der Waals surface area contributed by atoms with Gasteiger partial charge in [-0.25, -0.2) is 0 Å². The molecule has 112 valence electrons. The van der Waals surface area contributed by atoms with Crippen molar-refractivity contribution in [3.63, 3.8) is 0 Å². The molecule has 4 unspecified atom stereocenters. The molecule has 0 saturated carbocycles. The summed E-state index contributed by atoms with van der Waals surface area (Å²) in [7, 11) is 0. The molecule has 1 aliphatic rings. The first-order chi connectivity index (χ1) is 8.80. The molecule has 0 aromatic rings. The Labute approximate surface area is 118 Å². The molecular formula is C15H31N3O. The van der Waals surface area contributed by atoms with E-state index in [1.165, 1.54) is 0 Å². The second-order valence-electron chi connectivity index (χ2n) is 6.58. The van der Waals surface area contributed by atoms with Crippen LogP contribution in [0.5, 0.6) is 0 Å². The first-order valence-corrected chi connectivity index (χ1v) is 7.59. The van der Waals surface area contributed by atoms with E-state index in [-0.39, 0.29) is 5.91 Å². The SMILES string of the molecule is CCCNC(C)(CC(C)N1CC(C)C(C)C1)C(N)=O. The average Bonchev–Trinajstić information content (AvgIpc) is 2.67. The minimum absolute atomic E-state index is 0.243. The van der Waals surface area contributed by atoms with Crippen molar-refractivity contribution in [3.8, 4) is 0 Å². The standard InChI is InChI=1S/C15H31N3O/c1-6-7-17-15(5,14(16)19)8-13(4)18-9-11(2)12(3)10-18/h11-13,17H,6-10H2,1-5H3,(H2,16,19). The highest BCUT2D eigenvalue weighted by atomic mass is 16.1. The summed E-state index contributed by atoms with van der Waals surface area (Å²) >= 11 is 0. The Hall–Kier alpha value is -0.610. The van der Waals surface area contributed by atoms with Gasteiger partial charge in [0.15, 0.2) is 0 Å². The summed E-state index contributed by atoms with van der Waals surface area (Å²) in [6.45, 7) is 13.9. The number of nitrogens with two attached hydrogens (primary N) is 1. The highest BCUT2D eigenvalue weighted by Gasteiger charge is 2.36. The van der Waals surface area contributed by atoms with Gasteiger partial charge in [0, 0.05) is 19.1 Å². The van der Waals surface area contributed by atoms with Crippen LogP contribution in [0.25, 0.3) is 0 Å². The second kappa shape index (κ2) is 6.71. The Kier molecular flexibility index (Phi) is 5.81. The van der Waals surface area contributed by atoms with Gasteiger partial charge in [0.05, 0.1) is 5.54 Å². The van der Waals surface area contributed by atoms with E-state index in [9.17, 15) is 4.79 Å². The Morgan fingerprint density at radius 2 is 1.95 bits per heavy atom. The monoisotopic (exact) mass is 269 g/mol. The van der Waals surface area contributed by atoms with Crippen LogP contribution in [0.2, 0.25) is 0 Å². The molecule has 0 aromatic carbocycles. The predicted molar refractivity (Wildman–Crippen MR) is 79.9 cm³/mol. The molecule has 0 bridgehead atoms. The minimum atomic E-state index is -0.593. The summed E-state index contributed by atoms with van der Waals surface area (Å²) in [4.78, 5) is 14.2. The van der Waals surface area contributed by atoms with Crippen molar-refractivity contribution >= 4 is 5.91 Å². The van der Waals surface area contributed by atoms with Crippen LogP contribution in [0.15, 0.2) is 0 Å². The maximum atomic E-state index is 11.7. The molecule has 1 saturated heterocycles. The van der Waals surface area contributed by atoms with E-state index in [4.69, 9.17) is 5.73 Å². The van der Waals surface area contributed by atoms with Crippen molar-refractivity contribution in [1.82, 2.24) is 10.2 Å². The summed E-state index contributed by atoms with van der Waals surface area (Å²) < 4.78 is 0. The molecule has 1 fully saturated rings. The topological polar surface area (TPSA) is 58.4 Å². The maximum Gasteiger partial charge on any atom is 0.237 e. The highest BCUT2D eigenvalue weighted by molar-refractivity contribution is 5.84. The molecule has 0 radical (unpaired) electrons. The van der Waals surface area contributed by atoms with E-state index in [0.717, 1.165) is 44.3 Å². The van der Waals surface area contributed by atoms with E-state index in [2.05, 4.69) is 37.9 Å². The van der Waals surface area contributed by atoms with Crippen LogP contribution in [0, 0.1) is 11.8 Å². The van der Waals surface area contributed by atoms with Gasteiger partial charge in [-0.3, -0.25) is 4.79 Å². The summed E-state index contributed by atoms with van der Waals surface area (Å²) in [5, 5.41) is 3.32. The summed E-state index contributed by atoms with van der Waals surface area (Å²) in [5.41, 5.74) is 5.00. The van der Waals surface area contributed by atoms with Gasteiger partial charge in [0.2, 0.25) is 5.91 Å². The first-order valence-electron chi connectivity index (χ1n) is 7.59. The molecule has 1 amide bonds. The molecule has 4 nitrogen and oxygen atoms in total. The fraction of sp³-hybridized carbons (Fsp3) is 0.933. The van der Waals surface area contributed by atoms with Crippen LogP contribution in [0.4, 0.5) is 0 Å². The number of carbonyl (C=O) groups excluding carboxylic acids is 1. The van der Waals surface area contributed by atoms with Crippen molar-refractivity contribution in [3.05, 3.63) is 0 Å². The Morgan fingerprint density at radius 3 is 2.37 bits per heavy atom. The summed E-state index contributed by atoms with van der Waals surface area (Å²) in [6.07, 6.45) is 1.79. The van der Waals surface area contributed by atoms with Gasteiger partial charge >= 0.3 is 0 Å². The number of hydrogen-bond acceptors (Lipinski definition) is 3. The molecule has 1 aliphatic heterocycles. The number of likely N-dealkylation sites (tertiary alicyclic amines) is 1. The van der Waals surface area contributed by atoms with Crippen LogP contribution >= 0.6 is 0 Å².